The van der Waals surface area contributed by atoms with Gasteiger partial charge in [-0.2, -0.15) is 10.2 Å². The normalized spacial score (nSPS) is 23.3. The molecule has 2 heterocycles. The van der Waals surface area contributed by atoms with Crippen LogP contribution < -0.4 is 16.1 Å². The Morgan fingerprint density at radius 2 is 1.87 bits per heavy atom. The van der Waals surface area contributed by atoms with Gasteiger partial charge in [0.2, 0.25) is 5.91 Å². The van der Waals surface area contributed by atoms with E-state index in [0.717, 1.165) is 45.2 Å². The summed E-state index contributed by atoms with van der Waals surface area (Å²) in [4.78, 5) is 11.5. The van der Waals surface area contributed by atoms with E-state index in [1.165, 1.54) is 6.92 Å². The molecule has 38 heavy (non-hydrogen) atoms. The molecule has 0 fully saturated rings. The Kier molecular flexibility index (Phi) is 7.15. The lowest BCUT2D eigenvalue weighted by molar-refractivity contribution is -0.118. The minimum Gasteiger partial charge on any atom is -0.374 e. The zero-order chi connectivity index (χ0) is 26.8. The van der Waals surface area contributed by atoms with Crippen LogP contribution in [0.1, 0.15) is 56.5 Å². The molecule has 0 saturated carbocycles. The number of carbonyl (C=O) groups excluding carboxylic acids is 1. The van der Waals surface area contributed by atoms with Crippen LogP contribution in [0, 0.1) is 11.8 Å². The number of aliphatic hydroxyl groups is 1. The quantitative estimate of drug-likeness (QED) is 0.292. The number of benzene rings is 2. The molecule has 1 aliphatic heterocycles. The Morgan fingerprint density at radius 1 is 1.08 bits per heavy atom. The predicted octanol–water partition coefficient (Wildman–Crippen LogP) is 4.82. The van der Waals surface area contributed by atoms with Crippen molar-refractivity contribution in [1.82, 2.24) is 20.9 Å². The highest BCUT2D eigenvalue weighted by molar-refractivity contribution is 6.04. The van der Waals surface area contributed by atoms with Crippen LogP contribution in [0.25, 0.3) is 11.3 Å². The molecule has 0 radical (unpaired) electrons. The molecule has 2 aliphatic rings. The van der Waals surface area contributed by atoms with E-state index >= 15 is 0 Å². The van der Waals surface area contributed by atoms with Crippen molar-refractivity contribution < 1.29 is 9.90 Å². The van der Waals surface area contributed by atoms with Crippen LogP contribution in [-0.2, 0) is 4.79 Å². The Balaban J connectivity index is 1.35. The van der Waals surface area contributed by atoms with Gasteiger partial charge in [-0.25, -0.2) is 0 Å². The van der Waals surface area contributed by atoms with Crippen LogP contribution in [0.2, 0.25) is 0 Å². The molecule has 0 bridgehead atoms. The predicted molar refractivity (Wildman–Crippen MR) is 150 cm³/mol. The van der Waals surface area contributed by atoms with Crippen LogP contribution >= 0.6 is 0 Å². The number of H-pyrrole nitrogens is 1. The van der Waals surface area contributed by atoms with Crippen molar-refractivity contribution in [2.24, 2.45) is 16.9 Å². The largest absolute Gasteiger partial charge is 0.374 e. The zero-order valence-electron chi connectivity index (χ0n) is 22.1. The fourth-order valence-corrected chi connectivity index (χ4v) is 5.19. The number of aliphatic hydroxyl groups excluding tert-OH is 1. The third kappa shape index (κ3) is 5.40. The van der Waals surface area contributed by atoms with Crippen LogP contribution in [0.4, 0.5) is 5.69 Å². The van der Waals surface area contributed by atoms with E-state index in [2.05, 4.69) is 82.6 Å². The monoisotopic (exact) mass is 510 g/mol. The number of rotatable bonds is 7. The van der Waals surface area contributed by atoms with Crippen LogP contribution in [0.3, 0.4) is 0 Å². The van der Waals surface area contributed by atoms with Crippen molar-refractivity contribution >= 4 is 17.3 Å². The summed E-state index contributed by atoms with van der Waals surface area (Å²) in [6.07, 6.45) is 5.51. The lowest BCUT2D eigenvalue weighted by atomic mass is 9.86. The molecule has 196 valence electrons. The highest BCUT2D eigenvalue weighted by Gasteiger charge is 2.30. The molecule has 8 nitrogen and oxygen atoms in total. The Morgan fingerprint density at radius 3 is 2.66 bits per heavy atom. The molecule has 3 aromatic rings. The van der Waals surface area contributed by atoms with Gasteiger partial charge < -0.3 is 21.2 Å². The Bertz CT molecular complexity index is 1420. The summed E-state index contributed by atoms with van der Waals surface area (Å²) in [5.74, 6) is 0.433. The fourth-order valence-electron chi connectivity index (χ4n) is 5.19. The molecule has 1 amide bonds. The maximum Gasteiger partial charge on any atom is 0.221 e. The van der Waals surface area contributed by atoms with Gasteiger partial charge in [-0.3, -0.25) is 9.89 Å². The second-order valence-electron chi connectivity index (χ2n) is 10.2. The fraction of sp³-hybridized carbons (Fsp3) is 0.300. The summed E-state index contributed by atoms with van der Waals surface area (Å²) in [5.41, 5.74) is 11.0. The molecule has 0 spiro atoms. The van der Waals surface area contributed by atoms with Crippen molar-refractivity contribution in [2.75, 3.05) is 5.32 Å². The molecule has 1 aliphatic carbocycles. The first-order chi connectivity index (χ1) is 18.3. The lowest BCUT2D eigenvalue weighted by Crippen LogP contribution is -2.21. The molecular formula is C30H34N6O2. The maximum absolute atomic E-state index is 11.5. The number of aromatic amines is 1. The molecule has 5 N–H and O–H groups in total. The first kappa shape index (κ1) is 25.5. The summed E-state index contributed by atoms with van der Waals surface area (Å²) in [7, 11) is 0. The Hall–Kier alpha value is -4.17. The van der Waals surface area contributed by atoms with Crippen molar-refractivity contribution in [3.63, 3.8) is 0 Å². The van der Waals surface area contributed by atoms with Crippen molar-refractivity contribution in [2.45, 2.75) is 45.9 Å². The molecule has 5 rings (SSSR count). The summed E-state index contributed by atoms with van der Waals surface area (Å²) in [6, 6.07) is 18.5. The van der Waals surface area contributed by atoms with Gasteiger partial charge in [0.25, 0.3) is 0 Å². The van der Waals surface area contributed by atoms with Crippen molar-refractivity contribution in [1.29, 1.82) is 0 Å². The number of carbonyl (C=O) groups is 1. The third-order valence-corrected chi connectivity index (χ3v) is 7.11. The van der Waals surface area contributed by atoms with E-state index in [9.17, 15) is 9.90 Å². The molecule has 1 aromatic heterocycles. The van der Waals surface area contributed by atoms with E-state index in [0.29, 0.717) is 0 Å². The van der Waals surface area contributed by atoms with Gasteiger partial charge >= 0.3 is 0 Å². The minimum absolute atomic E-state index is 0.0341. The summed E-state index contributed by atoms with van der Waals surface area (Å²) in [6.45, 7) is 7.55. The maximum atomic E-state index is 11.5. The van der Waals surface area contributed by atoms with E-state index in [1.54, 1.807) is 6.92 Å². The lowest BCUT2D eigenvalue weighted by Gasteiger charge is -2.22. The van der Waals surface area contributed by atoms with Gasteiger partial charge in [-0.05, 0) is 54.3 Å². The second-order valence-corrected chi connectivity index (χ2v) is 10.2. The van der Waals surface area contributed by atoms with E-state index in [4.69, 9.17) is 5.10 Å². The van der Waals surface area contributed by atoms with Crippen molar-refractivity contribution in [3.8, 4) is 11.3 Å². The number of anilines is 1. The summed E-state index contributed by atoms with van der Waals surface area (Å²) >= 11 is 0. The highest BCUT2D eigenvalue weighted by atomic mass is 16.3. The number of hydrogen-bond donors (Lipinski definition) is 5. The number of hydrazone groups is 1. The SMILES string of the molecule is CC(=O)NC1=CC(c2cc(-c3cccc(C4=NNC(c5cccc(NC(C)O)c5)C4C)c3)n[nH]2)C(C)C=C1. The number of amides is 1. The number of allylic oxidation sites excluding steroid dienone is 3. The smallest absolute Gasteiger partial charge is 0.221 e. The van der Waals surface area contributed by atoms with Crippen LogP contribution in [-0.4, -0.2) is 33.2 Å². The zero-order valence-corrected chi connectivity index (χ0v) is 22.1. The Labute approximate surface area is 222 Å². The first-order valence-corrected chi connectivity index (χ1v) is 13.0. The molecule has 5 atom stereocenters. The highest BCUT2D eigenvalue weighted by Crippen LogP contribution is 2.34. The number of hydrogen-bond acceptors (Lipinski definition) is 6. The standard InChI is InChI=1S/C30H34N6O2/c1-17-11-12-25(32-20(4)38)15-26(17)28-16-27(33-34-28)21-7-5-8-22(13-21)29-18(2)30(36-35-29)23-9-6-10-24(14-23)31-19(3)37/h5-19,26,30-31,36-37H,1-4H3,(H,32,38)(H,33,34). The average Bonchev–Trinajstić information content (AvgIpc) is 3.52. The van der Waals surface area contributed by atoms with E-state index < -0.39 is 6.23 Å². The average molecular weight is 511 g/mol. The molecular weight excluding hydrogens is 476 g/mol. The first-order valence-electron chi connectivity index (χ1n) is 13.0. The van der Waals surface area contributed by atoms with Crippen molar-refractivity contribution in [3.05, 3.63) is 95.3 Å². The van der Waals surface area contributed by atoms with Crippen LogP contribution in [0.15, 0.2) is 83.6 Å². The van der Waals surface area contributed by atoms with Gasteiger partial charge in [0.1, 0.15) is 6.23 Å². The van der Waals surface area contributed by atoms with Crippen LogP contribution in [0.5, 0.6) is 0 Å². The number of nitrogens with one attached hydrogen (secondary N) is 4. The third-order valence-electron chi connectivity index (χ3n) is 7.11. The van der Waals surface area contributed by atoms with E-state index in [1.807, 2.05) is 30.3 Å². The van der Waals surface area contributed by atoms with Gasteiger partial charge in [0, 0.05) is 41.4 Å². The van der Waals surface area contributed by atoms with E-state index in [-0.39, 0.29) is 29.7 Å². The minimum atomic E-state index is -0.621. The second kappa shape index (κ2) is 10.7. The van der Waals surface area contributed by atoms with Gasteiger partial charge in [0.15, 0.2) is 0 Å². The van der Waals surface area contributed by atoms with Gasteiger partial charge in [-0.15, -0.1) is 0 Å². The van der Waals surface area contributed by atoms with Gasteiger partial charge in [-0.1, -0.05) is 56.3 Å². The number of aromatic nitrogens is 2. The summed E-state index contributed by atoms with van der Waals surface area (Å²) in [5, 5.41) is 28.1. The molecule has 0 saturated heterocycles. The molecule has 2 aromatic carbocycles. The van der Waals surface area contributed by atoms with Gasteiger partial charge in [0.05, 0.1) is 17.4 Å². The molecule has 8 heteroatoms. The topological polar surface area (TPSA) is 114 Å². The number of nitrogens with zero attached hydrogens (tertiary/aromatic N) is 2. The summed E-state index contributed by atoms with van der Waals surface area (Å²) < 4.78 is 0. The molecule has 5 unspecified atom stereocenters.